The predicted octanol–water partition coefficient (Wildman–Crippen LogP) is 4.63. The second-order valence-corrected chi connectivity index (χ2v) is 6.33. The van der Waals surface area contributed by atoms with Crippen molar-refractivity contribution in [3.8, 4) is 5.75 Å². The summed E-state index contributed by atoms with van der Waals surface area (Å²) in [5.41, 5.74) is 2.95. The highest BCUT2D eigenvalue weighted by molar-refractivity contribution is 6.09. The largest absolute Gasteiger partial charge is 0.481 e. The molecule has 1 N–H and O–H groups in total. The van der Waals surface area contributed by atoms with E-state index in [-0.39, 0.29) is 11.7 Å². The zero-order valence-electron chi connectivity index (χ0n) is 15.3. The maximum atomic E-state index is 12.4. The van der Waals surface area contributed by atoms with E-state index >= 15 is 0 Å². The van der Waals surface area contributed by atoms with Gasteiger partial charge in [-0.2, -0.15) is 0 Å². The number of ketones is 1. The number of carbonyl (C=O) groups excluding carboxylic acids is 2. The summed E-state index contributed by atoms with van der Waals surface area (Å²) in [6.45, 7) is 3.69. The third kappa shape index (κ3) is 4.82. The summed E-state index contributed by atoms with van der Waals surface area (Å²) in [4.78, 5) is 24.7. The van der Waals surface area contributed by atoms with Crippen LogP contribution in [0.5, 0.6) is 5.75 Å². The van der Waals surface area contributed by atoms with Crippen LogP contribution in [0, 0.1) is 6.92 Å². The number of hydrogen-bond donors (Lipinski definition) is 1. The molecule has 0 spiro atoms. The van der Waals surface area contributed by atoms with E-state index < -0.39 is 6.10 Å². The fourth-order valence-corrected chi connectivity index (χ4v) is 2.58. The van der Waals surface area contributed by atoms with E-state index in [1.54, 1.807) is 43.3 Å². The molecule has 3 rings (SSSR count). The van der Waals surface area contributed by atoms with Gasteiger partial charge in [-0.05, 0) is 50.2 Å². The maximum Gasteiger partial charge on any atom is 0.265 e. The van der Waals surface area contributed by atoms with Gasteiger partial charge in [-0.25, -0.2) is 0 Å². The Bertz CT molecular complexity index is 916. The minimum atomic E-state index is -0.640. The fourth-order valence-electron chi connectivity index (χ4n) is 2.58. The molecular weight excluding hydrogens is 338 g/mol. The van der Waals surface area contributed by atoms with Crippen LogP contribution in [0.15, 0.2) is 78.9 Å². The Morgan fingerprint density at radius 2 is 1.41 bits per heavy atom. The van der Waals surface area contributed by atoms with Crippen LogP contribution in [-0.4, -0.2) is 17.8 Å². The topological polar surface area (TPSA) is 55.4 Å². The summed E-state index contributed by atoms with van der Waals surface area (Å²) in [5, 5.41) is 2.80. The highest BCUT2D eigenvalue weighted by Gasteiger charge is 2.15. The molecule has 27 heavy (non-hydrogen) atoms. The van der Waals surface area contributed by atoms with Gasteiger partial charge >= 0.3 is 0 Å². The third-order valence-electron chi connectivity index (χ3n) is 4.15. The first kappa shape index (κ1) is 18.4. The average Bonchev–Trinajstić information content (AvgIpc) is 2.70. The molecule has 3 aromatic rings. The molecular formula is C23H21NO3. The molecule has 0 saturated carbocycles. The lowest BCUT2D eigenvalue weighted by molar-refractivity contribution is -0.122. The van der Waals surface area contributed by atoms with Crippen molar-refractivity contribution in [3.63, 3.8) is 0 Å². The van der Waals surface area contributed by atoms with Gasteiger partial charge in [0.1, 0.15) is 5.75 Å². The molecule has 0 bridgehead atoms. The molecule has 3 aromatic carbocycles. The van der Waals surface area contributed by atoms with E-state index in [9.17, 15) is 9.59 Å². The second-order valence-electron chi connectivity index (χ2n) is 6.33. The number of anilines is 1. The summed E-state index contributed by atoms with van der Waals surface area (Å²) >= 11 is 0. The van der Waals surface area contributed by atoms with E-state index in [4.69, 9.17) is 4.74 Å². The zero-order valence-corrected chi connectivity index (χ0v) is 15.3. The summed E-state index contributed by atoms with van der Waals surface area (Å²) in [6.07, 6.45) is -0.640. The van der Waals surface area contributed by atoms with E-state index in [0.717, 1.165) is 5.56 Å². The molecule has 0 unspecified atom stereocenters. The number of hydrogen-bond acceptors (Lipinski definition) is 3. The normalized spacial score (nSPS) is 11.5. The molecule has 0 aliphatic rings. The van der Waals surface area contributed by atoms with Gasteiger partial charge in [0.2, 0.25) is 0 Å². The lowest BCUT2D eigenvalue weighted by atomic mass is 10.0. The summed E-state index contributed by atoms with van der Waals surface area (Å²) in [7, 11) is 0. The third-order valence-corrected chi connectivity index (χ3v) is 4.15. The maximum absolute atomic E-state index is 12.4. The first-order valence-corrected chi connectivity index (χ1v) is 8.77. The zero-order chi connectivity index (χ0) is 19.2. The van der Waals surface area contributed by atoms with E-state index in [1.807, 2.05) is 49.4 Å². The van der Waals surface area contributed by atoms with Gasteiger partial charge in [-0.1, -0.05) is 48.0 Å². The lowest BCUT2D eigenvalue weighted by Gasteiger charge is -2.15. The summed E-state index contributed by atoms with van der Waals surface area (Å²) < 4.78 is 5.66. The molecule has 1 amide bonds. The standard InChI is InChI=1S/C23H21NO3/c1-16-8-14-21(15-9-16)27-17(2)23(26)24-20-12-10-19(11-13-20)22(25)18-6-4-3-5-7-18/h3-15,17H,1-2H3,(H,24,26)/t17-/m0/s1. The smallest absolute Gasteiger partial charge is 0.265 e. The van der Waals surface area contributed by atoms with Crippen molar-refractivity contribution < 1.29 is 14.3 Å². The Kier molecular flexibility index (Phi) is 5.67. The Labute approximate surface area is 158 Å². The monoisotopic (exact) mass is 359 g/mol. The van der Waals surface area contributed by atoms with Crippen molar-refractivity contribution in [1.29, 1.82) is 0 Å². The minimum absolute atomic E-state index is 0.0513. The summed E-state index contributed by atoms with van der Waals surface area (Å²) in [6, 6.07) is 23.5. The molecule has 0 saturated heterocycles. The number of aryl methyl sites for hydroxylation is 1. The van der Waals surface area contributed by atoms with Crippen molar-refractivity contribution >= 4 is 17.4 Å². The molecule has 1 atom stereocenters. The molecule has 0 fully saturated rings. The SMILES string of the molecule is Cc1ccc(O[C@@H](C)C(=O)Nc2ccc(C(=O)c3ccccc3)cc2)cc1. The van der Waals surface area contributed by atoms with Gasteiger partial charge in [0.15, 0.2) is 11.9 Å². The molecule has 136 valence electrons. The molecule has 0 aliphatic heterocycles. The lowest BCUT2D eigenvalue weighted by Crippen LogP contribution is -2.30. The summed E-state index contributed by atoms with van der Waals surface area (Å²) in [5.74, 6) is 0.342. The van der Waals surface area contributed by atoms with Crippen molar-refractivity contribution in [1.82, 2.24) is 0 Å². The Morgan fingerprint density at radius 3 is 2.04 bits per heavy atom. The van der Waals surface area contributed by atoms with Crippen molar-refractivity contribution in [3.05, 3.63) is 95.6 Å². The quantitative estimate of drug-likeness (QED) is 0.653. The van der Waals surface area contributed by atoms with Crippen LogP contribution in [-0.2, 0) is 4.79 Å². The van der Waals surface area contributed by atoms with Crippen molar-refractivity contribution in [2.75, 3.05) is 5.32 Å². The van der Waals surface area contributed by atoms with Crippen LogP contribution in [0.2, 0.25) is 0 Å². The van der Waals surface area contributed by atoms with Gasteiger partial charge in [-0.3, -0.25) is 9.59 Å². The molecule has 0 aliphatic carbocycles. The fraction of sp³-hybridized carbons (Fsp3) is 0.130. The Morgan fingerprint density at radius 1 is 0.815 bits per heavy atom. The number of benzene rings is 3. The van der Waals surface area contributed by atoms with Gasteiger partial charge in [-0.15, -0.1) is 0 Å². The molecule has 4 heteroatoms. The van der Waals surface area contributed by atoms with Gasteiger partial charge in [0.25, 0.3) is 5.91 Å². The van der Waals surface area contributed by atoms with Crippen LogP contribution < -0.4 is 10.1 Å². The highest BCUT2D eigenvalue weighted by atomic mass is 16.5. The predicted molar refractivity (Wildman–Crippen MR) is 106 cm³/mol. The number of nitrogens with one attached hydrogen (secondary N) is 1. The van der Waals surface area contributed by atoms with Crippen LogP contribution >= 0.6 is 0 Å². The van der Waals surface area contributed by atoms with Crippen LogP contribution in [0.1, 0.15) is 28.4 Å². The molecule has 0 aromatic heterocycles. The van der Waals surface area contributed by atoms with E-state index in [0.29, 0.717) is 22.6 Å². The van der Waals surface area contributed by atoms with E-state index in [1.165, 1.54) is 0 Å². The number of ether oxygens (including phenoxy) is 1. The highest BCUT2D eigenvalue weighted by Crippen LogP contribution is 2.16. The molecule has 0 radical (unpaired) electrons. The first-order valence-electron chi connectivity index (χ1n) is 8.77. The Balaban J connectivity index is 1.61. The molecule has 0 heterocycles. The number of rotatable bonds is 6. The van der Waals surface area contributed by atoms with Crippen molar-refractivity contribution in [2.45, 2.75) is 20.0 Å². The van der Waals surface area contributed by atoms with Crippen LogP contribution in [0.3, 0.4) is 0 Å². The Hall–Kier alpha value is -3.40. The molecule has 4 nitrogen and oxygen atoms in total. The van der Waals surface area contributed by atoms with Crippen LogP contribution in [0.25, 0.3) is 0 Å². The minimum Gasteiger partial charge on any atom is -0.481 e. The second kappa shape index (κ2) is 8.32. The van der Waals surface area contributed by atoms with Crippen molar-refractivity contribution in [2.24, 2.45) is 0 Å². The number of carbonyl (C=O) groups is 2. The van der Waals surface area contributed by atoms with Gasteiger partial charge < -0.3 is 10.1 Å². The van der Waals surface area contributed by atoms with Gasteiger partial charge in [0.05, 0.1) is 0 Å². The van der Waals surface area contributed by atoms with Gasteiger partial charge in [0, 0.05) is 16.8 Å². The first-order chi connectivity index (χ1) is 13.0. The number of amides is 1. The average molecular weight is 359 g/mol. The van der Waals surface area contributed by atoms with Crippen LogP contribution in [0.4, 0.5) is 5.69 Å². The van der Waals surface area contributed by atoms with E-state index in [2.05, 4.69) is 5.32 Å².